The molecule has 140 valence electrons. The van der Waals surface area contributed by atoms with Gasteiger partial charge in [-0.3, -0.25) is 9.10 Å². The van der Waals surface area contributed by atoms with Crippen molar-refractivity contribution in [1.82, 2.24) is 0 Å². The number of halogens is 4. The molecule has 0 heterocycles. The third-order valence-corrected chi connectivity index (χ3v) is 5.70. The first-order valence-corrected chi connectivity index (χ1v) is 10.6. The Morgan fingerprint density at radius 2 is 1.88 bits per heavy atom. The molecule has 0 saturated heterocycles. The van der Waals surface area contributed by atoms with Crippen molar-refractivity contribution in [3.05, 3.63) is 56.7 Å². The van der Waals surface area contributed by atoms with Crippen LogP contribution >= 0.6 is 39.1 Å². The van der Waals surface area contributed by atoms with Crippen LogP contribution in [0.3, 0.4) is 0 Å². The molecular weight excluding hydrogens is 470 g/mol. The molecule has 26 heavy (non-hydrogen) atoms. The van der Waals surface area contributed by atoms with Gasteiger partial charge in [-0.25, -0.2) is 12.8 Å². The summed E-state index contributed by atoms with van der Waals surface area (Å²) >= 11 is 15.1. The number of carbonyl (C=O) groups excluding carboxylic acids is 1. The van der Waals surface area contributed by atoms with Crippen molar-refractivity contribution in [2.45, 2.75) is 13.0 Å². The van der Waals surface area contributed by atoms with E-state index in [0.29, 0.717) is 4.47 Å². The summed E-state index contributed by atoms with van der Waals surface area (Å²) in [4.78, 5) is 12.5. The molecule has 1 N–H and O–H groups in total. The van der Waals surface area contributed by atoms with E-state index >= 15 is 0 Å². The molecule has 0 aliphatic carbocycles. The maximum absolute atomic E-state index is 13.9. The van der Waals surface area contributed by atoms with Crippen LogP contribution in [0, 0.1) is 5.82 Å². The Balaban J connectivity index is 2.39. The molecule has 0 radical (unpaired) electrons. The molecule has 2 aromatic carbocycles. The normalized spacial score (nSPS) is 12.5. The van der Waals surface area contributed by atoms with Crippen molar-refractivity contribution in [3.63, 3.8) is 0 Å². The second-order valence-corrected chi connectivity index (χ2v) is 9.06. The van der Waals surface area contributed by atoms with Crippen molar-refractivity contribution in [2.75, 3.05) is 15.9 Å². The molecular formula is C16H14BrCl2FN2O3S. The van der Waals surface area contributed by atoms with Gasteiger partial charge < -0.3 is 5.32 Å². The number of anilines is 2. The minimum absolute atomic E-state index is 0.0561. The lowest BCUT2D eigenvalue weighted by Gasteiger charge is -2.29. The minimum atomic E-state index is -3.88. The summed E-state index contributed by atoms with van der Waals surface area (Å²) in [5.41, 5.74) is -0.0173. The van der Waals surface area contributed by atoms with Crippen LogP contribution < -0.4 is 9.62 Å². The highest BCUT2D eigenvalue weighted by Crippen LogP contribution is 2.32. The third kappa shape index (κ3) is 4.88. The number of benzene rings is 2. The maximum Gasteiger partial charge on any atom is 0.248 e. The fourth-order valence-electron chi connectivity index (χ4n) is 2.26. The van der Waals surface area contributed by atoms with Gasteiger partial charge in [-0.05, 0) is 43.3 Å². The van der Waals surface area contributed by atoms with Gasteiger partial charge in [0.1, 0.15) is 11.9 Å². The molecule has 2 rings (SSSR count). The van der Waals surface area contributed by atoms with Gasteiger partial charge in [0.25, 0.3) is 0 Å². The smallest absolute Gasteiger partial charge is 0.248 e. The Hall–Kier alpha value is -1.35. The Morgan fingerprint density at radius 1 is 1.23 bits per heavy atom. The van der Waals surface area contributed by atoms with Crippen LogP contribution in [0.4, 0.5) is 15.8 Å². The predicted molar refractivity (Wildman–Crippen MR) is 106 cm³/mol. The zero-order chi connectivity index (χ0) is 19.6. The Bertz CT molecular complexity index is 957. The molecule has 0 aliphatic heterocycles. The number of amides is 1. The van der Waals surface area contributed by atoms with Crippen molar-refractivity contribution in [2.24, 2.45) is 0 Å². The van der Waals surface area contributed by atoms with Crippen LogP contribution in [0.25, 0.3) is 0 Å². The van der Waals surface area contributed by atoms with Gasteiger partial charge in [0.2, 0.25) is 15.9 Å². The average Bonchev–Trinajstić information content (AvgIpc) is 2.52. The van der Waals surface area contributed by atoms with Crippen molar-refractivity contribution >= 4 is 66.4 Å². The molecule has 1 amide bonds. The fourth-order valence-corrected chi connectivity index (χ4v) is 4.20. The van der Waals surface area contributed by atoms with Crippen LogP contribution in [0.5, 0.6) is 0 Å². The highest BCUT2D eigenvalue weighted by molar-refractivity contribution is 9.10. The van der Waals surface area contributed by atoms with Gasteiger partial charge in [-0.2, -0.15) is 0 Å². The van der Waals surface area contributed by atoms with Crippen LogP contribution in [-0.2, 0) is 14.8 Å². The van der Waals surface area contributed by atoms with Crippen LogP contribution in [0.1, 0.15) is 6.92 Å². The molecule has 1 atom stereocenters. The second-order valence-electron chi connectivity index (χ2n) is 5.44. The molecule has 0 fully saturated rings. The quantitative estimate of drug-likeness (QED) is 0.670. The molecule has 0 aromatic heterocycles. The summed E-state index contributed by atoms with van der Waals surface area (Å²) < 4.78 is 39.8. The predicted octanol–water partition coefficient (Wildman–Crippen LogP) is 4.69. The average molecular weight is 484 g/mol. The van der Waals surface area contributed by atoms with E-state index in [0.717, 1.165) is 10.6 Å². The highest BCUT2D eigenvalue weighted by Gasteiger charge is 2.31. The second kappa shape index (κ2) is 8.12. The molecule has 0 unspecified atom stereocenters. The Morgan fingerprint density at radius 3 is 2.46 bits per heavy atom. The zero-order valence-electron chi connectivity index (χ0n) is 13.6. The highest BCUT2D eigenvalue weighted by atomic mass is 79.9. The van der Waals surface area contributed by atoms with E-state index < -0.39 is 27.8 Å². The van der Waals surface area contributed by atoms with E-state index in [1.54, 1.807) is 6.07 Å². The molecule has 0 bridgehead atoms. The van der Waals surface area contributed by atoms with Crippen LogP contribution in [-0.4, -0.2) is 26.6 Å². The molecule has 0 aliphatic rings. The third-order valence-electron chi connectivity index (χ3n) is 3.42. The van der Waals surface area contributed by atoms with Crippen molar-refractivity contribution in [3.8, 4) is 0 Å². The van der Waals surface area contributed by atoms with Gasteiger partial charge in [-0.1, -0.05) is 39.1 Å². The summed E-state index contributed by atoms with van der Waals surface area (Å²) in [6.45, 7) is 1.37. The lowest BCUT2D eigenvalue weighted by Crippen LogP contribution is -2.45. The fraction of sp³-hybridized carbons (Fsp3) is 0.188. The lowest BCUT2D eigenvalue weighted by molar-refractivity contribution is -0.116. The maximum atomic E-state index is 13.9. The number of carbonyl (C=O) groups is 1. The number of sulfonamides is 1. The zero-order valence-corrected chi connectivity index (χ0v) is 17.5. The number of hydrogen-bond donors (Lipinski definition) is 1. The first-order valence-electron chi connectivity index (χ1n) is 7.21. The first kappa shape index (κ1) is 21.0. The number of hydrogen-bond acceptors (Lipinski definition) is 3. The van der Waals surface area contributed by atoms with Gasteiger partial charge >= 0.3 is 0 Å². The van der Waals surface area contributed by atoms with E-state index in [1.807, 2.05) is 0 Å². The van der Waals surface area contributed by atoms with Crippen LogP contribution in [0.15, 0.2) is 40.9 Å². The summed E-state index contributed by atoms with van der Waals surface area (Å²) in [5.74, 6) is -1.39. The Labute approximate surface area is 169 Å². The minimum Gasteiger partial charge on any atom is -0.322 e. The Kier molecular flexibility index (Phi) is 6.55. The van der Waals surface area contributed by atoms with E-state index in [9.17, 15) is 17.6 Å². The van der Waals surface area contributed by atoms with Crippen LogP contribution in [0.2, 0.25) is 10.0 Å². The van der Waals surface area contributed by atoms with Gasteiger partial charge in [0.05, 0.1) is 22.7 Å². The summed E-state index contributed by atoms with van der Waals surface area (Å²) in [5, 5.41) is 2.74. The molecule has 0 saturated carbocycles. The van der Waals surface area contributed by atoms with E-state index in [4.69, 9.17) is 23.2 Å². The number of nitrogens with one attached hydrogen (secondary N) is 1. The topological polar surface area (TPSA) is 66.5 Å². The lowest BCUT2D eigenvalue weighted by atomic mass is 10.2. The van der Waals surface area contributed by atoms with E-state index in [2.05, 4.69) is 21.2 Å². The van der Waals surface area contributed by atoms with Gasteiger partial charge in [0.15, 0.2) is 0 Å². The van der Waals surface area contributed by atoms with Gasteiger partial charge in [-0.15, -0.1) is 0 Å². The molecule has 10 heteroatoms. The molecule has 0 spiro atoms. The van der Waals surface area contributed by atoms with Crippen molar-refractivity contribution in [1.29, 1.82) is 0 Å². The van der Waals surface area contributed by atoms with E-state index in [1.165, 1.54) is 37.3 Å². The first-order chi connectivity index (χ1) is 12.0. The summed E-state index contributed by atoms with van der Waals surface area (Å²) in [6.07, 6.45) is 0.939. The SMILES string of the molecule is C[C@@H](C(=O)Nc1ccc(Br)cc1F)N(c1cc(Cl)ccc1Cl)S(C)(=O)=O. The molecule has 2 aromatic rings. The number of rotatable bonds is 5. The number of nitrogens with zero attached hydrogens (tertiary/aromatic N) is 1. The monoisotopic (exact) mass is 482 g/mol. The van der Waals surface area contributed by atoms with Gasteiger partial charge in [0, 0.05) is 9.50 Å². The summed E-state index contributed by atoms with van der Waals surface area (Å²) in [6, 6.07) is 7.15. The largest absolute Gasteiger partial charge is 0.322 e. The van der Waals surface area contributed by atoms with Crippen molar-refractivity contribution < 1.29 is 17.6 Å². The van der Waals surface area contributed by atoms with E-state index in [-0.39, 0.29) is 21.4 Å². The standard InChI is InChI=1S/C16H14BrCl2FN2O3S/c1-9(16(23)21-14-6-3-10(17)7-13(14)20)22(26(2,24)25)15-8-11(18)4-5-12(15)19/h3-9H,1-2H3,(H,21,23)/t9-/m0/s1. The summed E-state index contributed by atoms with van der Waals surface area (Å²) in [7, 11) is -3.88. The molecule has 5 nitrogen and oxygen atoms in total.